The van der Waals surface area contributed by atoms with Gasteiger partial charge in [-0.3, -0.25) is 0 Å². The van der Waals surface area contributed by atoms with Gasteiger partial charge in [0.25, 0.3) is 0 Å². The van der Waals surface area contributed by atoms with E-state index >= 15 is 0 Å². The van der Waals surface area contributed by atoms with Crippen molar-refractivity contribution in [1.82, 2.24) is 0 Å². The van der Waals surface area contributed by atoms with E-state index in [2.05, 4.69) is 67.5 Å². The topological polar surface area (TPSA) is 0 Å². The number of benzene rings is 1. The Bertz CT molecular complexity index is 350. The molecule has 0 aliphatic rings. The van der Waals surface area contributed by atoms with Crippen LogP contribution in [-0.4, -0.2) is 0 Å². The van der Waals surface area contributed by atoms with E-state index in [0.717, 1.165) is 23.8 Å². The maximum Gasteiger partial charge on any atom is 0.0440 e. The Hall–Kier alpha value is -0.490. The van der Waals surface area contributed by atoms with Gasteiger partial charge in [0.1, 0.15) is 0 Å². The van der Waals surface area contributed by atoms with Crippen LogP contribution < -0.4 is 0 Å². The molecule has 0 spiro atoms. The maximum atomic E-state index is 6.18. The Morgan fingerprint density at radius 1 is 0.952 bits per heavy atom. The standard InChI is InChI=1S/C13H19Cl.C4H10.C3H8/c1-4-6-7-12-9-13(14)11(5-2)8-10(12)3;1-4(2)3;1-3-2/h8-9H,4-7H2,1-3H3;4H,1-3H3;3H2,1-2H3. The summed E-state index contributed by atoms with van der Waals surface area (Å²) in [6.07, 6.45) is 5.93. The fourth-order valence-electron chi connectivity index (χ4n) is 1.69. The van der Waals surface area contributed by atoms with Crippen LogP contribution in [0.2, 0.25) is 5.02 Å². The molecular weight excluding hydrogens is 276 g/mol. The smallest absolute Gasteiger partial charge is 0.0440 e. The highest BCUT2D eigenvalue weighted by molar-refractivity contribution is 6.31. The van der Waals surface area contributed by atoms with Gasteiger partial charge < -0.3 is 0 Å². The highest BCUT2D eigenvalue weighted by Gasteiger charge is 2.03. The molecule has 0 aliphatic heterocycles. The lowest BCUT2D eigenvalue weighted by atomic mass is 9.99. The number of unbranched alkanes of at least 4 members (excludes halogenated alkanes) is 1. The second-order valence-electron chi connectivity index (χ2n) is 6.27. The van der Waals surface area contributed by atoms with Gasteiger partial charge in [0, 0.05) is 5.02 Å². The zero-order chi connectivity index (χ0) is 16.8. The van der Waals surface area contributed by atoms with E-state index < -0.39 is 0 Å². The van der Waals surface area contributed by atoms with Gasteiger partial charge in [0.05, 0.1) is 0 Å². The molecule has 0 saturated heterocycles. The van der Waals surface area contributed by atoms with Crippen molar-refractivity contribution in [2.45, 2.75) is 87.5 Å². The second kappa shape index (κ2) is 14.4. The van der Waals surface area contributed by atoms with Crippen LogP contribution in [0.5, 0.6) is 0 Å². The van der Waals surface area contributed by atoms with Crippen molar-refractivity contribution >= 4 is 11.6 Å². The third-order valence-corrected chi connectivity index (χ3v) is 3.04. The normalized spacial score (nSPS) is 9.62. The van der Waals surface area contributed by atoms with Crippen molar-refractivity contribution < 1.29 is 0 Å². The predicted octanol–water partition coefficient (Wildman–Crippen LogP) is 7.63. The van der Waals surface area contributed by atoms with Gasteiger partial charge in [-0.2, -0.15) is 0 Å². The predicted molar refractivity (Wildman–Crippen MR) is 101 cm³/mol. The average molecular weight is 313 g/mol. The SMILES string of the molecule is CC(C)C.CCC.CCCCc1cc(Cl)c(CC)cc1C. The van der Waals surface area contributed by atoms with Crippen LogP contribution in [0.15, 0.2) is 12.1 Å². The molecule has 0 bridgehead atoms. The fraction of sp³-hybridized carbons (Fsp3) is 0.700. The molecule has 1 aromatic carbocycles. The van der Waals surface area contributed by atoms with E-state index in [1.807, 2.05) is 0 Å². The van der Waals surface area contributed by atoms with Gasteiger partial charge in [-0.05, 0) is 54.9 Å². The summed E-state index contributed by atoms with van der Waals surface area (Å²) in [6, 6.07) is 4.37. The van der Waals surface area contributed by atoms with E-state index in [0.29, 0.717) is 0 Å². The van der Waals surface area contributed by atoms with E-state index in [1.54, 1.807) is 0 Å². The van der Waals surface area contributed by atoms with Crippen LogP contribution in [0.1, 0.15) is 84.4 Å². The van der Waals surface area contributed by atoms with Crippen molar-refractivity contribution in [2.24, 2.45) is 5.92 Å². The molecule has 0 aliphatic carbocycles. The monoisotopic (exact) mass is 312 g/mol. The summed E-state index contributed by atoms with van der Waals surface area (Å²) in [5, 5.41) is 0.934. The second-order valence-corrected chi connectivity index (χ2v) is 6.67. The number of hydrogen-bond acceptors (Lipinski definition) is 0. The quantitative estimate of drug-likeness (QED) is 0.536. The summed E-state index contributed by atoms with van der Waals surface area (Å²) in [7, 11) is 0. The molecule has 1 aromatic rings. The molecule has 0 nitrogen and oxygen atoms in total. The van der Waals surface area contributed by atoms with Crippen LogP contribution >= 0.6 is 11.6 Å². The minimum absolute atomic E-state index is 0.833. The van der Waals surface area contributed by atoms with E-state index in [-0.39, 0.29) is 0 Å². The fourth-order valence-corrected chi connectivity index (χ4v) is 2.01. The molecule has 0 unspecified atom stereocenters. The number of halogens is 1. The van der Waals surface area contributed by atoms with Gasteiger partial charge in [-0.1, -0.05) is 79.0 Å². The summed E-state index contributed by atoms with van der Waals surface area (Å²) in [5.74, 6) is 0.833. The lowest BCUT2D eigenvalue weighted by molar-refractivity contribution is 0.737. The molecule has 1 rings (SSSR count). The van der Waals surface area contributed by atoms with Crippen molar-refractivity contribution in [3.8, 4) is 0 Å². The number of aryl methyl sites for hydroxylation is 3. The zero-order valence-corrected chi connectivity index (χ0v) is 16.4. The van der Waals surface area contributed by atoms with Crippen LogP contribution in [0, 0.1) is 12.8 Å². The first-order valence-corrected chi connectivity index (χ1v) is 8.99. The van der Waals surface area contributed by atoms with Crippen LogP contribution in [0.3, 0.4) is 0 Å². The molecule has 0 amide bonds. The van der Waals surface area contributed by atoms with Crippen molar-refractivity contribution in [1.29, 1.82) is 0 Å². The van der Waals surface area contributed by atoms with Crippen LogP contribution in [0.4, 0.5) is 0 Å². The zero-order valence-electron chi connectivity index (χ0n) is 15.6. The van der Waals surface area contributed by atoms with E-state index in [9.17, 15) is 0 Å². The van der Waals surface area contributed by atoms with E-state index in [4.69, 9.17) is 11.6 Å². The highest BCUT2D eigenvalue weighted by atomic mass is 35.5. The first-order valence-electron chi connectivity index (χ1n) is 8.61. The summed E-state index contributed by atoms with van der Waals surface area (Å²) < 4.78 is 0. The number of hydrogen-bond donors (Lipinski definition) is 0. The minimum atomic E-state index is 0.833. The Kier molecular flexibility index (Phi) is 15.7. The lowest BCUT2D eigenvalue weighted by Gasteiger charge is -2.09. The number of rotatable bonds is 4. The molecule has 21 heavy (non-hydrogen) atoms. The third kappa shape index (κ3) is 12.9. The molecular formula is C20H37Cl. The largest absolute Gasteiger partial charge is 0.0840 e. The van der Waals surface area contributed by atoms with Crippen molar-refractivity contribution in [3.05, 3.63) is 33.8 Å². The van der Waals surface area contributed by atoms with Gasteiger partial charge in [-0.15, -0.1) is 0 Å². The average Bonchev–Trinajstić information content (AvgIpc) is 2.39. The molecule has 0 saturated carbocycles. The lowest BCUT2D eigenvalue weighted by Crippen LogP contribution is -1.93. The Morgan fingerprint density at radius 2 is 1.43 bits per heavy atom. The minimum Gasteiger partial charge on any atom is -0.0840 e. The molecule has 124 valence electrons. The summed E-state index contributed by atoms with van der Waals surface area (Å²) in [6.45, 7) is 17.3. The summed E-state index contributed by atoms with van der Waals surface area (Å²) >= 11 is 6.18. The van der Waals surface area contributed by atoms with Crippen molar-refractivity contribution in [3.63, 3.8) is 0 Å². The maximum absolute atomic E-state index is 6.18. The molecule has 0 radical (unpaired) electrons. The molecule has 0 aromatic heterocycles. The van der Waals surface area contributed by atoms with Crippen LogP contribution in [0.25, 0.3) is 0 Å². The summed E-state index contributed by atoms with van der Waals surface area (Å²) in [4.78, 5) is 0. The molecule has 0 N–H and O–H groups in total. The Labute approximate surface area is 139 Å². The van der Waals surface area contributed by atoms with Gasteiger partial charge in [0.15, 0.2) is 0 Å². The highest BCUT2D eigenvalue weighted by Crippen LogP contribution is 2.23. The molecule has 0 atom stereocenters. The van der Waals surface area contributed by atoms with Gasteiger partial charge in [-0.25, -0.2) is 0 Å². The van der Waals surface area contributed by atoms with Gasteiger partial charge in [0.2, 0.25) is 0 Å². The Balaban J connectivity index is 0. The first kappa shape index (κ1) is 22.8. The summed E-state index contributed by atoms with van der Waals surface area (Å²) in [5.41, 5.74) is 4.07. The molecule has 1 heteroatoms. The molecule has 0 heterocycles. The van der Waals surface area contributed by atoms with Gasteiger partial charge >= 0.3 is 0 Å². The first-order chi connectivity index (χ1) is 9.83. The van der Waals surface area contributed by atoms with Crippen LogP contribution in [-0.2, 0) is 12.8 Å². The van der Waals surface area contributed by atoms with E-state index in [1.165, 1.54) is 36.0 Å². The Morgan fingerprint density at radius 3 is 1.81 bits per heavy atom. The van der Waals surface area contributed by atoms with Crippen molar-refractivity contribution in [2.75, 3.05) is 0 Å². The molecule has 0 fully saturated rings. The third-order valence-electron chi connectivity index (χ3n) is 2.69.